The lowest BCUT2D eigenvalue weighted by Gasteiger charge is -1.96. The Morgan fingerprint density at radius 2 is 1.14 bits per heavy atom. The van der Waals surface area contributed by atoms with Crippen LogP contribution in [-0.2, 0) is 0 Å². The largest absolute Gasteiger partial charge is 0.0921 e. The van der Waals surface area contributed by atoms with Gasteiger partial charge in [0.15, 0.2) is 0 Å². The van der Waals surface area contributed by atoms with Crippen molar-refractivity contribution in [1.29, 1.82) is 0 Å². The minimum atomic E-state index is -0.931. The van der Waals surface area contributed by atoms with Gasteiger partial charge in [-0.1, -0.05) is 45.0 Å². The fourth-order valence-corrected chi connectivity index (χ4v) is 6.55. The molecule has 0 nitrogen and oxygen atoms in total. The van der Waals surface area contributed by atoms with E-state index >= 15 is 0 Å². The lowest BCUT2D eigenvalue weighted by atomic mass is 11.9. The summed E-state index contributed by atoms with van der Waals surface area (Å²) in [7, 11) is 0. The van der Waals surface area contributed by atoms with Crippen LogP contribution >= 0.6 is 58.2 Å². The minimum Gasteiger partial charge on any atom is -0.0776 e. The molecule has 0 aliphatic carbocycles. The Morgan fingerprint density at radius 1 is 0.857 bits per heavy atom. The third-order valence-electron chi connectivity index (χ3n) is 0.214. The normalized spacial score (nSPS) is 11.1. The summed E-state index contributed by atoms with van der Waals surface area (Å²) in [4.78, 5) is 0. The fourth-order valence-electron chi connectivity index (χ4n) is 0.0808. The Balaban J connectivity index is 2.95. The van der Waals surface area contributed by atoms with Crippen molar-refractivity contribution in [3.63, 3.8) is 0 Å². The Hall–Kier alpha value is 2.02. The first kappa shape index (κ1) is 9.02. The molecule has 0 amide bonds. The molecule has 0 spiro atoms. The highest BCUT2D eigenvalue weighted by atomic mass is 35.9. The number of hydrogen-bond donors (Lipinski definition) is 0. The SMILES string of the molecule is ClP(Cl)CP(Cl)Cl. The summed E-state index contributed by atoms with van der Waals surface area (Å²) < 4.78 is 0. The van der Waals surface area contributed by atoms with Crippen molar-refractivity contribution < 1.29 is 0 Å². The molecule has 7 heavy (non-hydrogen) atoms. The summed E-state index contributed by atoms with van der Waals surface area (Å²) in [6.45, 7) is -1.86. The van der Waals surface area contributed by atoms with Gasteiger partial charge in [0.25, 0.3) is 0 Å². The van der Waals surface area contributed by atoms with Crippen LogP contribution in [0.3, 0.4) is 0 Å². The Labute approximate surface area is 64.1 Å². The molecule has 0 unspecified atom stereocenters. The highest BCUT2D eigenvalue weighted by Gasteiger charge is 2.04. The third kappa shape index (κ3) is 8.02. The predicted molar refractivity (Wildman–Crippen MR) is 42.1 cm³/mol. The average Bonchev–Trinajstić information content (AvgIpc) is 1.27. The number of halogens is 4. The van der Waals surface area contributed by atoms with Crippen molar-refractivity contribution in [1.82, 2.24) is 0 Å². The van der Waals surface area contributed by atoms with Gasteiger partial charge in [0.1, 0.15) is 0 Å². The van der Waals surface area contributed by atoms with Crippen LogP contribution in [0.2, 0.25) is 0 Å². The summed E-state index contributed by atoms with van der Waals surface area (Å²) in [5.41, 5.74) is 0. The molecule has 0 aromatic carbocycles. The van der Waals surface area contributed by atoms with Crippen LogP contribution in [-0.4, -0.2) is 5.90 Å². The van der Waals surface area contributed by atoms with E-state index in [4.69, 9.17) is 45.0 Å². The van der Waals surface area contributed by atoms with Crippen LogP contribution in [0.1, 0.15) is 0 Å². The molecule has 0 heterocycles. The van der Waals surface area contributed by atoms with Crippen molar-refractivity contribution >= 4 is 58.2 Å². The second kappa shape index (κ2) is 4.86. The summed E-state index contributed by atoms with van der Waals surface area (Å²) in [6.07, 6.45) is 0. The van der Waals surface area contributed by atoms with Crippen LogP contribution in [0, 0.1) is 0 Å². The van der Waals surface area contributed by atoms with E-state index in [1.54, 1.807) is 0 Å². The maximum Gasteiger partial charge on any atom is 0.0921 e. The van der Waals surface area contributed by atoms with Gasteiger partial charge in [-0.2, -0.15) is 0 Å². The van der Waals surface area contributed by atoms with Gasteiger partial charge < -0.3 is 0 Å². The van der Waals surface area contributed by atoms with E-state index in [-0.39, 0.29) is 0 Å². The van der Waals surface area contributed by atoms with E-state index in [1.807, 2.05) is 0 Å². The summed E-state index contributed by atoms with van der Waals surface area (Å²) >= 11 is 21.4. The van der Waals surface area contributed by atoms with Crippen molar-refractivity contribution in [2.75, 3.05) is 5.90 Å². The quantitative estimate of drug-likeness (QED) is 0.597. The van der Waals surface area contributed by atoms with Crippen LogP contribution in [0.5, 0.6) is 0 Å². The second-order valence-corrected chi connectivity index (χ2v) is 9.03. The Bertz CT molecular complexity index is 39.0. The van der Waals surface area contributed by atoms with Gasteiger partial charge in [-0.25, -0.2) is 0 Å². The van der Waals surface area contributed by atoms with Gasteiger partial charge in [-0.3, -0.25) is 0 Å². The Morgan fingerprint density at radius 3 is 1.14 bits per heavy atom. The van der Waals surface area contributed by atoms with Gasteiger partial charge >= 0.3 is 0 Å². The van der Waals surface area contributed by atoms with Crippen LogP contribution < -0.4 is 0 Å². The van der Waals surface area contributed by atoms with Crippen LogP contribution in [0.4, 0.5) is 0 Å². The molecular formula is CH2Cl4P2. The van der Waals surface area contributed by atoms with E-state index < -0.39 is 13.3 Å². The number of hydrogen-bond acceptors (Lipinski definition) is 0. The first-order valence-corrected chi connectivity index (χ1v) is 7.98. The molecule has 0 N–H and O–H groups in total. The lowest BCUT2D eigenvalue weighted by Crippen LogP contribution is -1.54. The van der Waals surface area contributed by atoms with Crippen LogP contribution in [0.15, 0.2) is 0 Å². The zero-order valence-electron chi connectivity index (χ0n) is 3.11. The smallest absolute Gasteiger partial charge is 0.0776 e. The summed E-state index contributed by atoms with van der Waals surface area (Å²) in [5, 5.41) is 0. The third-order valence-corrected chi connectivity index (χ3v) is 5.77. The first-order chi connectivity index (χ1) is 3.13. The van der Waals surface area contributed by atoms with Crippen molar-refractivity contribution in [2.24, 2.45) is 0 Å². The fraction of sp³-hybridized carbons (Fsp3) is 1.00. The van der Waals surface area contributed by atoms with Gasteiger partial charge in [0.2, 0.25) is 0 Å². The van der Waals surface area contributed by atoms with Gasteiger partial charge in [0, 0.05) is 5.90 Å². The highest BCUT2D eigenvalue weighted by molar-refractivity contribution is 8.16. The molecule has 0 fully saturated rings. The molecule has 6 heteroatoms. The average molecular weight is 218 g/mol. The molecule has 0 radical (unpaired) electrons. The standard InChI is InChI=1S/CH2Cl4P2/c2-6(3)1-7(4)5/h1H2. The predicted octanol–water partition coefficient (Wildman–Crippen LogP) is 4.52. The van der Waals surface area contributed by atoms with Gasteiger partial charge in [-0.15, -0.1) is 0 Å². The number of rotatable bonds is 2. The molecule has 0 saturated carbocycles. The molecule has 0 aromatic heterocycles. The summed E-state index contributed by atoms with van der Waals surface area (Å²) in [5.74, 6) is 0.552. The van der Waals surface area contributed by atoms with Crippen molar-refractivity contribution in [3.8, 4) is 0 Å². The topological polar surface area (TPSA) is 0 Å². The zero-order chi connectivity index (χ0) is 5.86. The van der Waals surface area contributed by atoms with Gasteiger partial charge in [-0.05, 0) is 0 Å². The molecule has 0 atom stereocenters. The molecule has 0 aromatic rings. The molecule has 0 bridgehead atoms. The van der Waals surface area contributed by atoms with E-state index in [0.29, 0.717) is 5.90 Å². The van der Waals surface area contributed by atoms with Gasteiger partial charge in [0.05, 0.1) is 13.3 Å². The molecule has 44 valence electrons. The molecule has 0 aliphatic rings. The maximum atomic E-state index is 5.35. The minimum absolute atomic E-state index is 0.552. The molecule has 0 saturated heterocycles. The van der Waals surface area contributed by atoms with Crippen molar-refractivity contribution in [2.45, 2.75) is 0 Å². The highest BCUT2D eigenvalue weighted by Crippen LogP contribution is 2.62. The van der Waals surface area contributed by atoms with Crippen LogP contribution in [0.25, 0.3) is 0 Å². The monoisotopic (exact) mass is 216 g/mol. The van der Waals surface area contributed by atoms with E-state index in [2.05, 4.69) is 0 Å². The zero-order valence-corrected chi connectivity index (χ0v) is 7.93. The lowest BCUT2D eigenvalue weighted by molar-refractivity contribution is 2.27. The Kier molecular flexibility index (Phi) is 6.26. The molecule has 0 rings (SSSR count). The summed E-state index contributed by atoms with van der Waals surface area (Å²) in [6, 6.07) is 0. The first-order valence-electron chi connectivity index (χ1n) is 1.31. The second-order valence-electron chi connectivity index (χ2n) is 0.747. The molecular weight excluding hydrogens is 216 g/mol. The maximum absolute atomic E-state index is 5.35. The van der Waals surface area contributed by atoms with E-state index in [0.717, 1.165) is 0 Å². The van der Waals surface area contributed by atoms with E-state index in [1.165, 1.54) is 0 Å². The molecule has 0 aliphatic heterocycles. The van der Waals surface area contributed by atoms with Crippen molar-refractivity contribution in [3.05, 3.63) is 0 Å². The van der Waals surface area contributed by atoms with E-state index in [9.17, 15) is 0 Å².